The van der Waals surface area contributed by atoms with Gasteiger partial charge in [0.2, 0.25) is 5.91 Å². The number of fused-ring (bicyclic) bond motifs is 1. The minimum Gasteiger partial charge on any atom is -0.351 e. The van der Waals surface area contributed by atoms with Gasteiger partial charge in [-0.05, 0) is 55.0 Å². The van der Waals surface area contributed by atoms with Crippen LogP contribution < -0.4 is 5.32 Å². The summed E-state index contributed by atoms with van der Waals surface area (Å²) in [5, 5.41) is 3.32. The predicted molar refractivity (Wildman–Crippen MR) is 139 cm³/mol. The van der Waals surface area contributed by atoms with Gasteiger partial charge < -0.3 is 14.8 Å². The first-order valence-electron chi connectivity index (χ1n) is 13.0. The molecule has 3 aromatic rings. The molecular weight excluding hydrogens is 434 g/mol. The molecule has 2 aromatic carbocycles. The van der Waals surface area contributed by atoms with E-state index in [4.69, 9.17) is 0 Å². The van der Waals surface area contributed by atoms with E-state index in [1.807, 2.05) is 54.0 Å². The highest BCUT2D eigenvalue weighted by Gasteiger charge is 2.48. The van der Waals surface area contributed by atoms with Crippen LogP contribution >= 0.6 is 0 Å². The van der Waals surface area contributed by atoms with Crippen LogP contribution in [0.5, 0.6) is 0 Å². The number of carbonyl (C=O) groups excluding carboxylic acids is 2. The largest absolute Gasteiger partial charge is 0.351 e. The summed E-state index contributed by atoms with van der Waals surface area (Å²) in [5.74, 6) is -0.152. The highest BCUT2D eigenvalue weighted by Crippen LogP contribution is 2.34. The Balaban J connectivity index is 1.52. The van der Waals surface area contributed by atoms with Gasteiger partial charge in [0.1, 0.15) is 11.2 Å². The number of amides is 2. The fourth-order valence-electron chi connectivity index (χ4n) is 5.53. The van der Waals surface area contributed by atoms with Crippen LogP contribution in [0, 0.1) is 0 Å². The van der Waals surface area contributed by atoms with E-state index in [1.54, 1.807) is 4.90 Å². The zero-order valence-electron chi connectivity index (χ0n) is 20.8. The van der Waals surface area contributed by atoms with Gasteiger partial charge in [0, 0.05) is 18.3 Å². The van der Waals surface area contributed by atoms with E-state index < -0.39 is 5.54 Å². The molecule has 1 unspecified atom stereocenters. The van der Waals surface area contributed by atoms with Crippen molar-refractivity contribution in [2.75, 3.05) is 0 Å². The second kappa shape index (κ2) is 9.73. The van der Waals surface area contributed by atoms with Crippen molar-refractivity contribution < 1.29 is 9.59 Å². The number of hydrogen-bond acceptors (Lipinski definition) is 2. The van der Waals surface area contributed by atoms with E-state index in [1.165, 1.54) is 12.0 Å². The van der Waals surface area contributed by atoms with Crippen molar-refractivity contribution in [2.24, 2.45) is 0 Å². The van der Waals surface area contributed by atoms with Gasteiger partial charge >= 0.3 is 0 Å². The first kappa shape index (κ1) is 23.4. The van der Waals surface area contributed by atoms with Gasteiger partial charge in [-0.1, -0.05) is 80.8 Å². The van der Waals surface area contributed by atoms with Gasteiger partial charge in [-0.3, -0.25) is 9.59 Å². The molecular formula is C30H35N3O2. The molecule has 2 heterocycles. The number of aryl methyl sites for hydroxylation is 1. The molecule has 1 fully saturated rings. The van der Waals surface area contributed by atoms with Crippen LogP contribution in [0.1, 0.15) is 67.6 Å². The van der Waals surface area contributed by atoms with E-state index in [0.717, 1.165) is 48.9 Å². The number of carbonyl (C=O) groups is 2. The zero-order valence-corrected chi connectivity index (χ0v) is 20.8. The van der Waals surface area contributed by atoms with Crippen LogP contribution in [0.15, 0.2) is 66.7 Å². The maximum atomic E-state index is 13.9. The fraction of sp³-hybridized carbons (Fsp3) is 0.400. The third-order valence-corrected chi connectivity index (χ3v) is 7.78. The lowest BCUT2D eigenvalue weighted by atomic mass is 9.91. The Morgan fingerprint density at radius 2 is 1.57 bits per heavy atom. The number of hydrogen-bond donors (Lipinski definition) is 1. The van der Waals surface area contributed by atoms with Gasteiger partial charge in [-0.2, -0.15) is 0 Å². The van der Waals surface area contributed by atoms with Crippen molar-refractivity contribution in [1.29, 1.82) is 0 Å². The monoisotopic (exact) mass is 469 g/mol. The molecule has 2 aliphatic rings. The normalized spacial score (nSPS) is 20.5. The topological polar surface area (TPSA) is 54.3 Å². The van der Waals surface area contributed by atoms with Crippen LogP contribution in [0.25, 0.3) is 11.3 Å². The second-order valence-electron chi connectivity index (χ2n) is 10.2. The Morgan fingerprint density at radius 1 is 0.914 bits per heavy atom. The molecule has 1 aliphatic heterocycles. The molecule has 2 amide bonds. The molecule has 0 saturated heterocycles. The molecule has 35 heavy (non-hydrogen) atoms. The Kier molecular flexibility index (Phi) is 6.50. The van der Waals surface area contributed by atoms with Gasteiger partial charge in [-0.25, -0.2) is 0 Å². The third kappa shape index (κ3) is 4.52. The number of nitrogens with one attached hydrogen (secondary N) is 1. The average Bonchev–Trinajstić information content (AvgIpc) is 3.31. The molecule has 1 N–H and O–H groups in total. The van der Waals surface area contributed by atoms with Gasteiger partial charge in [0.05, 0.1) is 6.54 Å². The summed E-state index contributed by atoms with van der Waals surface area (Å²) in [6.45, 7) is 4.90. The number of benzene rings is 2. The van der Waals surface area contributed by atoms with Gasteiger partial charge in [-0.15, -0.1) is 0 Å². The van der Waals surface area contributed by atoms with E-state index in [-0.39, 0.29) is 17.9 Å². The Morgan fingerprint density at radius 3 is 2.26 bits per heavy atom. The fourth-order valence-corrected chi connectivity index (χ4v) is 5.53. The van der Waals surface area contributed by atoms with Crippen LogP contribution in [-0.2, 0) is 24.3 Å². The van der Waals surface area contributed by atoms with Crippen molar-refractivity contribution in [3.05, 3.63) is 83.6 Å². The van der Waals surface area contributed by atoms with Crippen LogP contribution in [-0.4, -0.2) is 32.9 Å². The number of aromatic nitrogens is 1. The molecule has 1 saturated carbocycles. The molecule has 5 nitrogen and oxygen atoms in total. The third-order valence-electron chi connectivity index (χ3n) is 7.78. The standard InChI is InChI=1S/C30H35N3O2/c1-3-22-14-16-23(17-15-22)20-33-28(34)27-19-18-26(24-10-6-4-7-11-24)32(27)21-30(33,2)29(35)31-25-12-8-5-9-13-25/h4,6-7,10-11,14-19,25H,3,5,8-9,12-13,20-21H2,1-2H3,(H,31,35). The lowest BCUT2D eigenvalue weighted by molar-refractivity contribution is -0.134. The van der Waals surface area contributed by atoms with Gasteiger partial charge in [0.15, 0.2) is 0 Å². The van der Waals surface area contributed by atoms with Gasteiger partial charge in [0.25, 0.3) is 5.91 Å². The molecule has 0 spiro atoms. The lowest BCUT2D eigenvalue weighted by Gasteiger charge is -2.45. The predicted octanol–water partition coefficient (Wildman–Crippen LogP) is 5.58. The number of nitrogens with zero attached hydrogens (tertiary/aromatic N) is 2. The Labute approximate surface area is 208 Å². The van der Waals surface area contributed by atoms with E-state index in [9.17, 15) is 9.59 Å². The van der Waals surface area contributed by atoms with Crippen molar-refractivity contribution in [2.45, 2.75) is 77.0 Å². The molecule has 0 bridgehead atoms. The molecule has 5 rings (SSSR count). The zero-order chi connectivity index (χ0) is 24.4. The van der Waals surface area contributed by atoms with Crippen molar-refractivity contribution in [1.82, 2.24) is 14.8 Å². The minimum absolute atomic E-state index is 0.0544. The molecule has 1 aromatic heterocycles. The smallest absolute Gasteiger partial charge is 0.271 e. The maximum absolute atomic E-state index is 13.9. The van der Waals surface area contributed by atoms with E-state index >= 15 is 0 Å². The summed E-state index contributed by atoms with van der Waals surface area (Å²) in [6, 6.07) is 22.6. The first-order valence-corrected chi connectivity index (χ1v) is 13.0. The van der Waals surface area contributed by atoms with Crippen LogP contribution in [0.2, 0.25) is 0 Å². The second-order valence-corrected chi connectivity index (χ2v) is 10.2. The highest BCUT2D eigenvalue weighted by molar-refractivity contribution is 6.00. The minimum atomic E-state index is -0.993. The molecule has 182 valence electrons. The quantitative estimate of drug-likeness (QED) is 0.512. The Hall–Kier alpha value is -3.34. The summed E-state index contributed by atoms with van der Waals surface area (Å²) < 4.78 is 2.04. The van der Waals surface area contributed by atoms with Crippen LogP contribution in [0.4, 0.5) is 0 Å². The Bertz CT molecular complexity index is 1190. The summed E-state index contributed by atoms with van der Waals surface area (Å²) in [5.41, 5.74) is 3.96. The summed E-state index contributed by atoms with van der Waals surface area (Å²) >= 11 is 0. The number of rotatable bonds is 6. The average molecular weight is 470 g/mol. The highest BCUT2D eigenvalue weighted by atomic mass is 16.2. The van der Waals surface area contributed by atoms with E-state index in [0.29, 0.717) is 18.8 Å². The SMILES string of the molecule is CCc1ccc(CN2C(=O)c3ccc(-c4ccccc4)n3CC2(C)C(=O)NC2CCCCC2)cc1. The van der Waals surface area contributed by atoms with Crippen molar-refractivity contribution in [3.8, 4) is 11.3 Å². The molecule has 0 radical (unpaired) electrons. The van der Waals surface area contributed by atoms with Crippen molar-refractivity contribution in [3.63, 3.8) is 0 Å². The summed E-state index contributed by atoms with van der Waals surface area (Å²) in [4.78, 5) is 29.6. The molecule has 5 heteroatoms. The maximum Gasteiger partial charge on any atom is 0.271 e. The summed E-state index contributed by atoms with van der Waals surface area (Å²) in [7, 11) is 0. The summed E-state index contributed by atoms with van der Waals surface area (Å²) in [6.07, 6.45) is 6.52. The first-order chi connectivity index (χ1) is 17.0. The molecule has 1 atom stereocenters. The van der Waals surface area contributed by atoms with Crippen molar-refractivity contribution >= 4 is 11.8 Å². The lowest BCUT2D eigenvalue weighted by Crippen LogP contribution is -2.64. The van der Waals surface area contributed by atoms with Crippen LogP contribution in [0.3, 0.4) is 0 Å². The molecule has 1 aliphatic carbocycles. The van der Waals surface area contributed by atoms with E-state index in [2.05, 4.69) is 36.5 Å².